The number of nitrogens with one attached hydrogen (secondary N) is 1. The smallest absolute Gasteiger partial charge is 0.286 e. The van der Waals surface area contributed by atoms with E-state index in [1.165, 1.54) is 11.1 Å². The molecule has 6 atom stereocenters. The lowest BCUT2D eigenvalue weighted by molar-refractivity contribution is 0.0131. The van der Waals surface area contributed by atoms with Crippen LogP contribution in [0.1, 0.15) is 77.8 Å². The summed E-state index contributed by atoms with van der Waals surface area (Å²) in [5.41, 5.74) is 3.80. The van der Waals surface area contributed by atoms with E-state index < -0.39 is 21.7 Å². The van der Waals surface area contributed by atoms with Gasteiger partial charge in [-0.05, 0) is 111 Å². The fourth-order valence-corrected chi connectivity index (χ4v) is 10.4. The number of carbonyl (C=O) groups is 2. The third kappa shape index (κ3) is 6.99. The molecule has 3 aromatic rings. The lowest BCUT2D eigenvalue weighted by atomic mass is 9.68. The molecule has 1 saturated carbocycles. The van der Waals surface area contributed by atoms with Gasteiger partial charge in [-0.25, -0.2) is 4.21 Å². The second-order valence-electron chi connectivity index (χ2n) is 14.6. The Bertz CT molecular complexity index is 1930. The molecular weight excluding hydrogens is 672 g/mol. The Balaban J connectivity index is 1.30. The number of methoxy groups -OCH3 is 1. The number of rotatable bonds is 4. The molecule has 2 aromatic carbocycles. The van der Waals surface area contributed by atoms with Crippen LogP contribution in [0.25, 0.3) is 0 Å². The molecule has 2 aliphatic carbocycles. The number of nitrogens with zero attached hydrogens (tertiary/aromatic N) is 3. The minimum atomic E-state index is -3.49. The number of allylic oxidation sites excluding steroid dienone is 1. The van der Waals surface area contributed by atoms with Crippen LogP contribution >= 0.6 is 11.6 Å². The van der Waals surface area contributed by atoms with Gasteiger partial charge in [0.15, 0.2) is 0 Å². The van der Waals surface area contributed by atoms with Gasteiger partial charge in [0.1, 0.15) is 15.7 Å². The highest BCUT2D eigenvalue weighted by molar-refractivity contribution is 7.92. The fraction of sp³-hybridized carbons (Fsp3) is 0.487. The van der Waals surface area contributed by atoms with Crippen molar-refractivity contribution in [3.8, 4) is 5.75 Å². The number of carbonyl (C=O) groups excluding carboxylic acids is 2. The van der Waals surface area contributed by atoms with Crippen molar-refractivity contribution in [2.45, 2.75) is 70.4 Å². The van der Waals surface area contributed by atoms with Gasteiger partial charge < -0.3 is 18.9 Å². The molecule has 7 rings (SSSR count). The lowest BCUT2D eigenvalue weighted by Gasteiger charge is -2.46. The molecule has 0 radical (unpaired) electrons. The molecule has 1 aromatic heterocycles. The van der Waals surface area contributed by atoms with Gasteiger partial charge in [-0.2, -0.15) is 0 Å². The number of aromatic nitrogens is 1. The molecular formula is C39H47ClN4O5S. The number of benzene rings is 2. The number of ether oxygens (including phenoxy) is 2. The summed E-state index contributed by atoms with van der Waals surface area (Å²) in [6.45, 7) is 6.66. The van der Waals surface area contributed by atoms with E-state index in [-0.39, 0.29) is 23.2 Å². The van der Waals surface area contributed by atoms with E-state index in [1.807, 2.05) is 36.6 Å². The molecule has 0 saturated heterocycles. The van der Waals surface area contributed by atoms with Crippen LogP contribution in [0.2, 0.25) is 5.02 Å². The van der Waals surface area contributed by atoms with Gasteiger partial charge in [0.2, 0.25) is 0 Å². The van der Waals surface area contributed by atoms with Gasteiger partial charge in [0.25, 0.3) is 11.8 Å². The van der Waals surface area contributed by atoms with E-state index in [4.69, 9.17) is 21.1 Å². The topological polar surface area (TPSA) is 102 Å². The van der Waals surface area contributed by atoms with Crippen LogP contribution in [-0.4, -0.2) is 59.3 Å². The van der Waals surface area contributed by atoms with E-state index in [0.29, 0.717) is 48.3 Å². The number of hydrogen-bond acceptors (Lipinski definition) is 6. The van der Waals surface area contributed by atoms with E-state index >= 15 is 0 Å². The van der Waals surface area contributed by atoms with Crippen molar-refractivity contribution in [1.29, 1.82) is 0 Å². The first-order valence-electron chi connectivity index (χ1n) is 17.9. The fourth-order valence-electron chi connectivity index (χ4n) is 8.34. The van der Waals surface area contributed by atoms with Crippen LogP contribution in [0.5, 0.6) is 5.75 Å². The van der Waals surface area contributed by atoms with E-state index in [2.05, 4.69) is 38.3 Å². The van der Waals surface area contributed by atoms with Gasteiger partial charge in [-0.1, -0.05) is 36.7 Å². The Labute approximate surface area is 300 Å². The first-order valence-corrected chi connectivity index (χ1v) is 19.9. The number of amides is 2. The van der Waals surface area contributed by atoms with Crippen LogP contribution in [0.3, 0.4) is 0 Å². The van der Waals surface area contributed by atoms with Crippen molar-refractivity contribution in [1.82, 2.24) is 9.29 Å². The van der Waals surface area contributed by atoms with Crippen LogP contribution in [0.4, 0.5) is 5.69 Å². The maximum atomic E-state index is 14.5. The molecule has 266 valence electrons. The van der Waals surface area contributed by atoms with Crippen molar-refractivity contribution >= 4 is 39.0 Å². The van der Waals surface area contributed by atoms with E-state index in [1.54, 1.807) is 31.6 Å². The molecule has 1 fully saturated rings. The summed E-state index contributed by atoms with van der Waals surface area (Å²) in [6, 6.07) is 13.3. The molecule has 4 aliphatic rings. The standard InChI is InChI=1S/C39H47ClN4O5S/c1-4-43-18-16-30(21-43)38(46)42-50(47)23-26(2)7-5-9-35(48-3)32-13-10-29(32)22-44-24-39(17-6-8-27-19-31(40)12-14-33(27)39)25-49-36-15-11-28(20-34(36)44)37(45)41-50/h5,9,11-12,14-16,18-21,26,29,32,35H,4,6-8,10,13,17,22-25H2,1-3H3,(H,41,42,45,46,47)/b9-5+/t26-,29-,32+,35-,39-,50-/m0/s1. The molecule has 2 amide bonds. The molecule has 3 heterocycles. The number of aryl methyl sites for hydroxylation is 2. The largest absolute Gasteiger partial charge is 0.490 e. The maximum absolute atomic E-state index is 14.5. The van der Waals surface area contributed by atoms with E-state index in [9.17, 15) is 13.8 Å². The summed E-state index contributed by atoms with van der Waals surface area (Å²) in [4.78, 5) is 29.7. The minimum absolute atomic E-state index is 0.0269. The zero-order chi connectivity index (χ0) is 35.0. The molecule has 0 unspecified atom stereocenters. The highest BCUT2D eigenvalue weighted by Crippen LogP contribution is 2.47. The third-order valence-electron chi connectivity index (χ3n) is 11.1. The van der Waals surface area contributed by atoms with Gasteiger partial charge >= 0.3 is 0 Å². The molecule has 11 heteroatoms. The lowest BCUT2D eigenvalue weighted by Crippen LogP contribution is -2.49. The Morgan fingerprint density at radius 3 is 2.82 bits per heavy atom. The zero-order valence-electron chi connectivity index (χ0n) is 29.1. The monoisotopic (exact) mass is 718 g/mol. The number of hydrogen-bond donors (Lipinski definition) is 1. The second kappa shape index (κ2) is 14.2. The summed E-state index contributed by atoms with van der Waals surface area (Å²) in [5, 5.41) is 0.744. The third-order valence-corrected chi connectivity index (χ3v) is 13.4. The van der Waals surface area contributed by atoms with Crippen molar-refractivity contribution in [3.63, 3.8) is 0 Å². The normalized spacial score (nSPS) is 30.2. The van der Waals surface area contributed by atoms with Crippen LogP contribution in [0, 0.1) is 17.8 Å². The average molecular weight is 719 g/mol. The molecule has 2 aliphatic heterocycles. The summed E-state index contributed by atoms with van der Waals surface area (Å²) in [7, 11) is -1.72. The van der Waals surface area contributed by atoms with E-state index in [0.717, 1.165) is 55.9 Å². The Kier molecular flexibility index (Phi) is 9.89. The van der Waals surface area contributed by atoms with Crippen molar-refractivity contribution in [2.24, 2.45) is 22.1 Å². The summed E-state index contributed by atoms with van der Waals surface area (Å²) < 4.78 is 36.0. The SMILES string of the molecule is CCn1ccc(C(=O)N[S@@]2(=O)=NC(=O)c3ccc4c(c3)N(C[C@@H]3CC[C@H]3[C@@H](OC)/C=C/C[C@H](C)C2)C[C@@]2(CCCc3cc(Cl)ccc32)CO4)c1. The summed E-state index contributed by atoms with van der Waals surface area (Å²) in [6.07, 6.45) is 13.4. The summed E-state index contributed by atoms with van der Waals surface area (Å²) in [5.74, 6) is 0.204. The van der Waals surface area contributed by atoms with Crippen molar-refractivity contribution in [3.05, 3.63) is 94.3 Å². The first kappa shape index (κ1) is 34.8. The van der Waals surface area contributed by atoms with Gasteiger partial charge in [-0.15, -0.1) is 4.36 Å². The highest BCUT2D eigenvalue weighted by Gasteiger charge is 2.44. The van der Waals surface area contributed by atoms with Gasteiger partial charge in [-0.3, -0.25) is 14.3 Å². The van der Waals surface area contributed by atoms with Crippen LogP contribution in [0.15, 0.2) is 71.4 Å². The van der Waals surface area contributed by atoms with Crippen LogP contribution in [-0.2, 0) is 33.0 Å². The second-order valence-corrected chi connectivity index (χ2v) is 17.1. The zero-order valence-corrected chi connectivity index (χ0v) is 30.7. The van der Waals surface area contributed by atoms with Gasteiger partial charge in [0, 0.05) is 55.1 Å². The molecule has 50 heavy (non-hydrogen) atoms. The average Bonchev–Trinajstić information content (AvgIpc) is 3.52. The number of anilines is 1. The maximum Gasteiger partial charge on any atom is 0.286 e. The predicted molar refractivity (Wildman–Crippen MR) is 197 cm³/mol. The van der Waals surface area contributed by atoms with Crippen molar-refractivity contribution in [2.75, 3.05) is 37.5 Å². The molecule has 1 spiro atoms. The number of fused-ring (bicyclic) bond motifs is 4. The molecule has 1 N–H and O–H groups in total. The quantitative estimate of drug-likeness (QED) is 0.286. The predicted octanol–water partition coefficient (Wildman–Crippen LogP) is 7.22. The first-order chi connectivity index (χ1) is 24.1. The van der Waals surface area contributed by atoms with Crippen LogP contribution < -0.4 is 14.4 Å². The minimum Gasteiger partial charge on any atom is -0.490 e. The summed E-state index contributed by atoms with van der Waals surface area (Å²) >= 11 is 6.46. The van der Waals surface area contributed by atoms with Gasteiger partial charge in [0.05, 0.1) is 29.7 Å². The Morgan fingerprint density at radius 2 is 2.06 bits per heavy atom. The van der Waals surface area contributed by atoms with Crippen molar-refractivity contribution < 1.29 is 23.3 Å². The molecule has 9 nitrogen and oxygen atoms in total. The highest BCUT2D eigenvalue weighted by atomic mass is 35.5. The Morgan fingerprint density at radius 1 is 1.20 bits per heavy atom. The Hall–Kier alpha value is -3.60. The molecule has 2 bridgehead atoms. The number of halogens is 1.